The minimum absolute atomic E-state index is 0.155. The monoisotopic (exact) mass is 189 g/mol. The third-order valence-electron chi connectivity index (χ3n) is 1.18. The highest BCUT2D eigenvalue weighted by molar-refractivity contribution is 5.47. The van der Waals surface area contributed by atoms with Crippen LogP contribution in [0.2, 0.25) is 0 Å². The van der Waals surface area contributed by atoms with Crippen molar-refractivity contribution in [3.05, 3.63) is 20.2 Å². The lowest BCUT2D eigenvalue weighted by atomic mass is 10.7. The fourth-order valence-electron chi connectivity index (χ4n) is 0.691. The van der Waals surface area contributed by atoms with Gasteiger partial charge in [-0.2, -0.15) is 0 Å². The number of imidazole rings is 1. The molecule has 0 radical (unpaired) electrons. The van der Waals surface area contributed by atoms with E-state index in [9.17, 15) is 20.2 Å². The van der Waals surface area contributed by atoms with Crippen LogP contribution in [0.25, 0.3) is 0 Å². The standard InChI is InChI=1S/C3H3N5O5/c4-3-5-1(7(10)11)2(6(3)9)8(12)13/h9H,(H2,4,5). The van der Waals surface area contributed by atoms with Crippen molar-refractivity contribution in [2.24, 2.45) is 0 Å². The van der Waals surface area contributed by atoms with E-state index in [1.165, 1.54) is 0 Å². The topological polar surface area (TPSA) is 150 Å². The fraction of sp³-hybridized carbons (Fsp3) is 0. The summed E-state index contributed by atoms with van der Waals surface area (Å²) in [4.78, 5) is 21.1. The van der Waals surface area contributed by atoms with Gasteiger partial charge in [0.1, 0.15) is 0 Å². The molecule has 0 saturated carbocycles. The SMILES string of the molecule is Nc1nc([N+](=O)[O-])c([N+](=O)[O-])n1O. The van der Waals surface area contributed by atoms with Gasteiger partial charge in [-0.1, -0.05) is 0 Å². The van der Waals surface area contributed by atoms with Crippen LogP contribution in [0, 0.1) is 20.2 Å². The summed E-state index contributed by atoms with van der Waals surface area (Å²) in [6.07, 6.45) is 0. The molecule has 1 aromatic rings. The number of nitro groups is 2. The van der Waals surface area contributed by atoms with Crippen LogP contribution in [0.1, 0.15) is 0 Å². The molecule has 0 aromatic carbocycles. The molecule has 3 N–H and O–H groups in total. The Hall–Kier alpha value is -2.39. The smallest absolute Gasteiger partial charge is 0.358 e. The van der Waals surface area contributed by atoms with E-state index in [4.69, 9.17) is 10.9 Å². The lowest BCUT2D eigenvalue weighted by Crippen LogP contribution is -2.03. The second-order valence-electron chi connectivity index (χ2n) is 1.94. The summed E-state index contributed by atoms with van der Waals surface area (Å²) in [6, 6.07) is 0. The average molecular weight is 189 g/mol. The van der Waals surface area contributed by atoms with Gasteiger partial charge in [0.15, 0.2) is 0 Å². The summed E-state index contributed by atoms with van der Waals surface area (Å²) < 4.78 is -0.155. The number of nitrogen functional groups attached to an aromatic ring is 1. The van der Waals surface area contributed by atoms with Gasteiger partial charge in [0.25, 0.3) is 0 Å². The first-order chi connectivity index (χ1) is 5.95. The molecule has 70 valence electrons. The molecule has 0 spiro atoms. The summed E-state index contributed by atoms with van der Waals surface area (Å²) in [5.41, 5.74) is 4.91. The van der Waals surface area contributed by atoms with Gasteiger partial charge in [-0.3, -0.25) is 0 Å². The number of hydrogen-bond acceptors (Lipinski definition) is 7. The lowest BCUT2D eigenvalue weighted by Gasteiger charge is -1.90. The molecule has 0 aliphatic rings. The van der Waals surface area contributed by atoms with Crippen molar-refractivity contribution in [1.82, 2.24) is 9.71 Å². The Bertz CT molecular complexity index is 382. The number of hydrogen-bond donors (Lipinski definition) is 2. The van der Waals surface area contributed by atoms with Crippen molar-refractivity contribution in [2.45, 2.75) is 0 Å². The molecule has 0 aliphatic carbocycles. The normalized spacial score (nSPS) is 9.85. The molecule has 10 heteroatoms. The lowest BCUT2D eigenvalue weighted by molar-refractivity contribution is -0.431. The largest absolute Gasteiger partial charge is 0.468 e. The second kappa shape index (κ2) is 2.58. The van der Waals surface area contributed by atoms with E-state index >= 15 is 0 Å². The van der Waals surface area contributed by atoms with Crippen molar-refractivity contribution < 1.29 is 15.1 Å². The molecule has 0 aliphatic heterocycles. The molecule has 13 heavy (non-hydrogen) atoms. The molecular formula is C3H3N5O5. The molecular weight excluding hydrogens is 186 g/mol. The zero-order chi connectivity index (χ0) is 10.2. The molecule has 0 unspecified atom stereocenters. The van der Waals surface area contributed by atoms with E-state index in [-0.39, 0.29) is 4.73 Å². The van der Waals surface area contributed by atoms with Gasteiger partial charge >= 0.3 is 17.6 Å². The zero-order valence-electron chi connectivity index (χ0n) is 5.95. The van der Waals surface area contributed by atoms with Gasteiger partial charge in [-0.15, -0.1) is 0 Å². The number of rotatable bonds is 2. The van der Waals surface area contributed by atoms with E-state index in [0.717, 1.165) is 0 Å². The van der Waals surface area contributed by atoms with Gasteiger partial charge in [0.05, 0.1) is 0 Å². The van der Waals surface area contributed by atoms with E-state index in [1.54, 1.807) is 0 Å². The summed E-state index contributed by atoms with van der Waals surface area (Å²) in [5.74, 6) is -2.97. The third-order valence-corrected chi connectivity index (χ3v) is 1.18. The van der Waals surface area contributed by atoms with Crippen LogP contribution >= 0.6 is 0 Å². The summed E-state index contributed by atoms with van der Waals surface area (Å²) in [7, 11) is 0. The molecule has 1 rings (SSSR count). The Labute approximate surface area is 69.5 Å². The van der Waals surface area contributed by atoms with Crippen LogP contribution in [-0.2, 0) is 0 Å². The van der Waals surface area contributed by atoms with Crippen LogP contribution in [0.5, 0.6) is 0 Å². The second-order valence-corrected chi connectivity index (χ2v) is 1.94. The predicted molar refractivity (Wildman–Crippen MR) is 37.1 cm³/mol. The van der Waals surface area contributed by atoms with Gasteiger partial charge in [-0.05, 0) is 9.85 Å². The van der Waals surface area contributed by atoms with Crippen molar-refractivity contribution in [3.8, 4) is 0 Å². The zero-order valence-corrected chi connectivity index (χ0v) is 5.95. The van der Waals surface area contributed by atoms with Crippen molar-refractivity contribution >= 4 is 17.6 Å². The maximum atomic E-state index is 10.2. The van der Waals surface area contributed by atoms with E-state index in [0.29, 0.717) is 0 Å². The Morgan fingerprint density at radius 2 is 1.92 bits per heavy atom. The first kappa shape index (κ1) is 8.70. The molecule has 10 nitrogen and oxygen atoms in total. The minimum Gasteiger partial charge on any atom is -0.358 e. The van der Waals surface area contributed by atoms with Crippen LogP contribution in [-0.4, -0.2) is 24.8 Å². The first-order valence-electron chi connectivity index (χ1n) is 2.81. The molecule has 0 fully saturated rings. The minimum atomic E-state index is -1.16. The number of nitrogens with zero attached hydrogens (tertiary/aromatic N) is 4. The highest BCUT2D eigenvalue weighted by Gasteiger charge is 2.37. The fourth-order valence-corrected chi connectivity index (χ4v) is 0.691. The quantitative estimate of drug-likeness (QED) is 0.362. The predicted octanol–water partition coefficient (Wildman–Crippen LogP) is -0.481. The van der Waals surface area contributed by atoms with E-state index < -0.39 is 27.4 Å². The van der Waals surface area contributed by atoms with Crippen LogP contribution in [0.15, 0.2) is 0 Å². The summed E-state index contributed by atoms with van der Waals surface area (Å²) in [5, 5.41) is 29.2. The highest BCUT2D eigenvalue weighted by atomic mass is 16.6. The Kier molecular flexibility index (Phi) is 1.73. The maximum absolute atomic E-state index is 10.2. The molecule has 0 atom stereocenters. The third kappa shape index (κ3) is 1.19. The van der Waals surface area contributed by atoms with Gasteiger partial charge < -0.3 is 31.2 Å². The molecule has 0 saturated heterocycles. The highest BCUT2D eigenvalue weighted by Crippen LogP contribution is 2.26. The Balaban J connectivity index is 3.44. The molecule has 0 amide bonds. The van der Waals surface area contributed by atoms with Crippen molar-refractivity contribution in [3.63, 3.8) is 0 Å². The average Bonchev–Trinajstić information content (AvgIpc) is 2.28. The van der Waals surface area contributed by atoms with Crippen LogP contribution in [0.3, 0.4) is 0 Å². The van der Waals surface area contributed by atoms with Crippen LogP contribution < -0.4 is 5.73 Å². The van der Waals surface area contributed by atoms with Gasteiger partial charge in [0, 0.05) is 9.71 Å². The van der Waals surface area contributed by atoms with E-state index in [1.807, 2.05) is 0 Å². The molecule has 0 bridgehead atoms. The number of aromatic nitrogens is 2. The number of nitrogens with two attached hydrogens (primary N) is 1. The van der Waals surface area contributed by atoms with Gasteiger partial charge in [0.2, 0.25) is 0 Å². The first-order valence-corrected chi connectivity index (χ1v) is 2.81. The number of anilines is 1. The van der Waals surface area contributed by atoms with E-state index in [2.05, 4.69) is 4.98 Å². The molecule has 1 aromatic heterocycles. The Morgan fingerprint density at radius 3 is 2.23 bits per heavy atom. The molecule has 1 heterocycles. The maximum Gasteiger partial charge on any atom is 0.468 e. The van der Waals surface area contributed by atoms with Crippen LogP contribution in [0.4, 0.5) is 17.6 Å². The van der Waals surface area contributed by atoms with Gasteiger partial charge in [-0.25, -0.2) is 0 Å². The summed E-state index contributed by atoms with van der Waals surface area (Å²) >= 11 is 0. The van der Waals surface area contributed by atoms with Crippen molar-refractivity contribution in [1.29, 1.82) is 0 Å². The summed E-state index contributed by atoms with van der Waals surface area (Å²) in [6.45, 7) is 0. The van der Waals surface area contributed by atoms with Crippen molar-refractivity contribution in [2.75, 3.05) is 5.73 Å². The Morgan fingerprint density at radius 1 is 1.38 bits per heavy atom.